The smallest absolute Gasteiger partial charge is 0.327 e. The summed E-state index contributed by atoms with van der Waals surface area (Å²) >= 11 is 0. The second kappa shape index (κ2) is 6.74. The number of carbonyl (C=O) groups excluding carboxylic acids is 1. The Kier molecular flexibility index (Phi) is 4.95. The Hall–Kier alpha value is -2.48. The predicted octanol–water partition coefficient (Wildman–Crippen LogP) is 0.877. The van der Waals surface area contributed by atoms with Gasteiger partial charge in [0, 0.05) is 17.9 Å². The molecule has 0 N–H and O–H groups in total. The number of rotatable bonds is 5. The van der Waals surface area contributed by atoms with E-state index in [1.165, 1.54) is 0 Å². The number of benzene rings is 1. The van der Waals surface area contributed by atoms with Crippen LogP contribution in [0.3, 0.4) is 0 Å². The van der Waals surface area contributed by atoms with Gasteiger partial charge in [0.25, 0.3) is 5.56 Å². The molecule has 122 valence electrons. The van der Waals surface area contributed by atoms with Crippen LogP contribution < -0.4 is 5.56 Å². The number of hydrogen-bond acceptors (Lipinski definition) is 6. The summed E-state index contributed by atoms with van der Waals surface area (Å²) in [4.78, 5) is 23.4. The third-order valence-electron chi connectivity index (χ3n) is 2.99. The maximum Gasteiger partial charge on any atom is 0.327 e. The van der Waals surface area contributed by atoms with Crippen LogP contribution in [0.5, 0.6) is 0 Å². The molecule has 0 aliphatic rings. The molecule has 0 unspecified atom stereocenters. The van der Waals surface area contributed by atoms with Gasteiger partial charge in [-0.3, -0.25) is 9.59 Å². The molecule has 0 aliphatic heterocycles. The van der Waals surface area contributed by atoms with Gasteiger partial charge >= 0.3 is 5.97 Å². The molecule has 0 amide bonds. The Morgan fingerprint density at radius 3 is 2.48 bits per heavy atom. The van der Waals surface area contributed by atoms with Crippen LogP contribution in [0.15, 0.2) is 46.1 Å². The highest BCUT2D eigenvalue weighted by Gasteiger charge is 2.20. The third kappa shape index (κ3) is 4.04. The van der Waals surface area contributed by atoms with Crippen LogP contribution in [0.2, 0.25) is 0 Å². The Morgan fingerprint density at radius 2 is 1.91 bits per heavy atom. The van der Waals surface area contributed by atoms with E-state index >= 15 is 0 Å². The third-order valence-corrected chi connectivity index (χ3v) is 4.10. The molecule has 1 aromatic carbocycles. The summed E-state index contributed by atoms with van der Waals surface area (Å²) in [5.74, 6) is -0.617. The van der Waals surface area contributed by atoms with Crippen molar-refractivity contribution in [3.8, 4) is 11.3 Å². The van der Waals surface area contributed by atoms with E-state index in [0.29, 0.717) is 5.56 Å². The maximum absolute atomic E-state index is 12.0. The Morgan fingerprint density at radius 1 is 1.26 bits per heavy atom. The summed E-state index contributed by atoms with van der Waals surface area (Å²) < 4.78 is 29.6. The lowest BCUT2D eigenvalue weighted by Crippen LogP contribution is -2.29. The molecule has 0 atom stereocenters. The molecule has 0 aliphatic carbocycles. The highest BCUT2D eigenvalue weighted by Crippen LogP contribution is 2.23. The van der Waals surface area contributed by atoms with Gasteiger partial charge in [-0.2, -0.15) is 5.10 Å². The highest BCUT2D eigenvalue weighted by molar-refractivity contribution is 7.90. The minimum atomic E-state index is -3.65. The molecule has 2 aromatic rings. The molecule has 0 saturated heterocycles. The first-order valence-electron chi connectivity index (χ1n) is 6.86. The summed E-state index contributed by atoms with van der Waals surface area (Å²) in [6.07, 6.45) is 1.01. The lowest BCUT2D eigenvalue weighted by Gasteiger charge is -2.11. The zero-order valence-corrected chi connectivity index (χ0v) is 13.5. The monoisotopic (exact) mass is 336 g/mol. The van der Waals surface area contributed by atoms with Crippen molar-refractivity contribution in [3.05, 3.63) is 46.8 Å². The molecule has 0 spiro atoms. The molecular formula is C15H16N2O5S. The molecule has 8 heteroatoms. The van der Waals surface area contributed by atoms with E-state index in [1.807, 2.05) is 0 Å². The van der Waals surface area contributed by atoms with Crippen LogP contribution in [0.25, 0.3) is 11.3 Å². The summed E-state index contributed by atoms with van der Waals surface area (Å²) in [7, 11) is -3.65. The van der Waals surface area contributed by atoms with Gasteiger partial charge in [-0.15, -0.1) is 0 Å². The summed E-state index contributed by atoms with van der Waals surface area (Å²) in [6.45, 7) is 1.45. The first kappa shape index (κ1) is 16.9. The van der Waals surface area contributed by atoms with Crippen LogP contribution in [0.1, 0.15) is 6.92 Å². The zero-order chi connectivity index (χ0) is 17.0. The fourth-order valence-corrected chi connectivity index (χ4v) is 2.82. The molecule has 7 nitrogen and oxygen atoms in total. The normalized spacial score (nSPS) is 11.2. The van der Waals surface area contributed by atoms with Crippen LogP contribution in [0, 0.1) is 0 Å². The first-order valence-corrected chi connectivity index (χ1v) is 8.75. The molecule has 0 bridgehead atoms. The molecule has 0 saturated carbocycles. The number of ether oxygens (including phenoxy) is 1. The van der Waals surface area contributed by atoms with Crippen molar-refractivity contribution in [2.75, 3.05) is 12.9 Å². The molecular weight excluding hydrogens is 320 g/mol. The number of nitrogens with zero attached hydrogens (tertiary/aromatic N) is 2. The van der Waals surface area contributed by atoms with Gasteiger partial charge in [-0.25, -0.2) is 13.1 Å². The van der Waals surface area contributed by atoms with Gasteiger partial charge in [-0.1, -0.05) is 30.3 Å². The largest absolute Gasteiger partial charge is 0.465 e. The second-order valence-electron chi connectivity index (χ2n) is 4.80. The van der Waals surface area contributed by atoms with E-state index in [9.17, 15) is 18.0 Å². The predicted molar refractivity (Wildman–Crippen MR) is 83.7 cm³/mol. The van der Waals surface area contributed by atoms with Crippen molar-refractivity contribution < 1.29 is 17.9 Å². The minimum Gasteiger partial charge on any atom is -0.465 e. The molecule has 23 heavy (non-hydrogen) atoms. The fraction of sp³-hybridized carbons (Fsp3) is 0.267. The summed E-state index contributed by atoms with van der Waals surface area (Å²) in [6, 6.07) is 9.56. The van der Waals surface area contributed by atoms with Crippen molar-refractivity contribution in [2.24, 2.45) is 0 Å². The topological polar surface area (TPSA) is 95.3 Å². The number of sulfone groups is 1. The van der Waals surface area contributed by atoms with E-state index in [0.717, 1.165) is 17.0 Å². The Labute approximate surface area is 133 Å². The zero-order valence-electron chi connectivity index (χ0n) is 12.7. The minimum absolute atomic E-state index is 0.122. The van der Waals surface area contributed by atoms with Gasteiger partial charge in [0.05, 0.1) is 6.61 Å². The van der Waals surface area contributed by atoms with Crippen LogP contribution in [-0.4, -0.2) is 37.0 Å². The average molecular weight is 336 g/mol. The van der Waals surface area contributed by atoms with E-state index in [-0.39, 0.29) is 23.7 Å². The summed E-state index contributed by atoms with van der Waals surface area (Å²) in [5, 5.41) is 4.06. The van der Waals surface area contributed by atoms with E-state index in [2.05, 4.69) is 5.10 Å². The quantitative estimate of drug-likeness (QED) is 0.752. The molecule has 2 rings (SSSR count). The number of esters is 1. The van der Waals surface area contributed by atoms with Crippen LogP contribution in [0.4, 0.5) is 0 Å². The highest BCUT2D eigenvalue weighted by atomic mass is 32.2. The van der Waals surface area contributed by atoms with E-state index in [1.54, 1.807) is 37.3 Å². The average Bonchev–Trinajstić information content (AvgIpc) is 2.49. The van der Waals surface area contributed by atoms with Crippen molar-refractivity contribution in [2.45, 2.75) is 18.4 Å². The molecule has 1 heterocycles. The van der Waals surface area contributed by atoms with Gasteiger partial charge in [0.2, 0.25) is 0 Å². The van der Waals surface area contributed by atoms with Gasteiger partial charge in [-0.05, 0) is 6.92 Å². The molecule has 1 aromatic heterocycles. The van der Waals surface area contributed by atoms with Crippen molar-refractivity contribution in [1.29, 1.82) is 0 Å². The van der Waals surface area contributed by atoms with Gasteiger partial charge in [0.15, 0.2) is 9.84 Å². The Balaban J connectivity index is 2.62. The fourth-order valence-electron chi connectivity index (χ4n) is 2.00. The molecule has 0 fully saturated rings. The van der Waals surface area contributed by atoms with E-state index < -0.39 is 21.4 Å². The molecule has 0 radical (unpaired) electrons. The van der Waals surface area contributed by atoms with Crippen molar-refractivity contribution in [3.63, 3.8) is 0 Å². The van der Waals surface area contributed by atoms with Crippen LogP contribution >= 0.6 is 0 Å². The second-order valence-corrected chi connectivity index (χ2v) is 6.78. The first-order chi connectivity index (χ1) is 10.8. The standard InChI is InChI=1S/C15H16N2O5S/c1-3-22-14(19)10-17-13(18)9-12(23(2,20)21)15(16-17)11-7-5-4-6-8-11/h4-9H,3,10H2,1-2H3. The number of aromatic nitrogens is 2. The van der Waals surface area contributed by atoms with Gasteiger partial charge in [0.1, 0.15) is 17.1 Å². The SMILES string of the molecule is CCOC(=O)Cn1nc(-c2ccccc2)c(S(C)(=O)=O)cc1=O. The van der Waals surface area contributed by atoms with Crippen LogP contribution in [-0.2, 0) is 25.9 Å². The lowest BCUT2D eigenvalue weighted by atomic mass is 10.1. The lowest BCUT2D eigenvalue weighted by molar-refractivity contribution is -0.144. The number of hydrogen-bond donors (Lipinski definition) is 0. The number of carbonyl (C=O) groups is 1. The van der Waals surface area contributed by atoms with Crippen molar-refractivity contribution in [1.82, 2.24) is 9.78 Å². The van der Waals surface area contributed by atoms with Crippen molar-refractivity contribution >= 4 is 15.8 Å². The maximum atomic E-state index is 12.0. The summed E-state index contributed by atoms with van der Waals surface area (Å²) in [5.41, 5.74) is -0.0271. The Bertz CT molecular complexity index is 872. The van der Waals surface area contributed by atoms with E-state index in [4.69, 9.17) is 4.74 Å². The van der Waals surface area contributed by atoms with Gasteiger partial charge < -0.3 is 4.74 Å².